The van der Waals surface area contributed by atoms with Crippen molar-refractivity contribution in [2.45, 2.75) is 232 Å². The van der Waals surface area contributed by atoms with Crippen LogP contribution in [0.1, 0.15) is 242 Å². The molecule has 1 fully saturated rings. The van der Waals surface area contributed by atoms with Gasteiger partial charge in [-0.1, -0.05) is 365 Å². The van der Waals surface area contributed by atoms with Gasteiger partial charge in [0.05, 0.1) is 0 Å². The minimum atomic E-state index is 0. The first-order chi connectivity index (χ1) is 30.9. The fourth-order valence-electron chi connectivity index (χ4n) is 4.95. The summed E-state index contributed by atoms with van der Waals surface area (Å²) in [5.74, 6) is 0. The minimum absolute atomic E-state index is 0. The van der Waals surface area contributed by atoms with E-state index in [4.69, 9.17) is 0 Å². The van der Waals surface area contributed by atoms with Crippen LogP contribution in [0.2, 0.25) is 0 Å². The van der Waals surface area contributed by atoms with Crippen LogP contribution in [0, 0.1) is 0 Å². The Morgan fingerprint density at radius 1 is 0.234 bits per heavy atom. The number of benzene rings is 5. The van der Waals surface area contributed by atoms with E-state index < -0.39 is 0 Å². The highest BCUT2D eigenvalue weighted by Gasteiger charge is 2.15. The molecule has 0 heteroatoms. The third-order valence-corrected chi connectivity index (χ3v) is 6.97. The zero-order chi connectivity index (χ0) is 50.1. The van der Waals surface area contributed by atoms with Gasteiger partial charge in [0.2, 0.25) is 0 Å². The number of hydrogen-bond acceptors (Lipinski definition) is 0. The quantitative estimate of drug-likeness (QED) is 0.162. The van der Waals surface area contributed by atoms with Crippen molar-refractivity contribution in [1.82, 2.24) is 0 Å². The van der Waals surface area contributed by atoms with Gasteiger partial charge in [-0.25, -0.2) is 0 Å². The third-order valence-electron chi connectivity index (χ3n) is 6.97. The molecule has 0 unspecified atom stereocenters. The van der Waals surface area contributed by atoms with Crippen molar-refractivity contribution in [3.63, 3.8) is 0 Å². The fourth-order valence-corrected chi connectivity index (χ4v) is 4.95. The predicted octanol–water partition coefficient (Wildman–Crippen LogP) is 24.1. The molecule has 0 N–H and O–H groups in total. The van der Waals surface area contributed by atoms with Gasteiger partial charge >= 0.3 is 0 Å². The lowest BCUT2D eigenvalue weighted by molar-refractivity contribution is 0.504. The summed E-state index contributed by atoms with van der Waals surface area (Å²) in [7, 11) is 0. The first-order valence-corrected chi connectivity index (χ1v) is 26.1. The average Bonchev–Trinajstić information content (AvgIpc) is 3.82. The standard InChI is InChI=1S/C13H10.C13H12.C6H12.C6H6.12C2H6.2CH4/c1-3-7-12-10(5-1)9-11-6-2-4-8-13(11)12;1-3-7-12(8-4-1)11-13-9-5-2-6-10-13;2*1-2-4-6-5-3-1;12*1-2;;/h1-8H,9H2;1-10H,11H2;1-6H2;1-6H;12*1-2H3;2*1H4. The summed E-state index contributed by atoms with van der Waals surface area (Å²) < 4.78 is 0. The van der Waals surface area contributed by atoms with Crippen molar-refractivity contribution >= 4 is 0 Å². The zero-order valence-electron chi connectivity index (χ0n) is 46.5. The average molecular weight is 890 g/mol. The van der Waals surface area contributed by atoms with Gasteiger partial charge in [0.15, 0.2) is 0 Å². The van der Waals surface area contributed by atoms with Crippen LogP contribution in [-0.4, -0.2) is 0 Å². The maximum absolute atomic E-state index is 2.22. The molecule has 7 rings (SSSR count). The van der Waals surface area contributed by atoms with Gasteiger partial charge in [0, 0.05) is 0 Å². The molecule has 0 bridgehead atoms. The molecule has 0 heterocycles. The SMILES string of the molecule is C.C.C1CCCCC1.CC.CC.CC.CC.CC.CC.CC.CC.CC.CC.CC.CC.c1ccc(Cc2ccccc2)cc1.c1ccc2c(c1)Cc1ccccc1-2.c1ccccc1. The Balaban J connectivity index is -0.0000000571. The van der Waals surface area contributed by atoms with Crippen molar-refractivity contribution in [2.75, 3.05) is 0 Å². The highest BCUT2D eigenvalue weighted by molar-refractivity contribution is 5.76. The molecule has 1 saturated carbocycles. The monoisotopic (exact) mass is 889 g/mol. The van der Waals surface area contributed by atoms with Crippen LogP contribution in [0.5, 0.6) is 0 Å². The van der Waals surface area contributed by atoms with E-state index in [1.807, 2.05) is 203 Å². The Hall–Kier alpha value is -3.90. The molecule has 0 aromatic heterocycles. The van der Waals surface area contributed by atoms with Crippen LogP contribution >= 0.6 is 0 Å². The van der Waals surface area contributed by atoms with Crippen molar-refractivity contribution in [2.24, 2.45) is 0 Å². The second-order valence-electron chi connectivity index (χ2n) is 9.92. The smallest absolute Gasteiger partial charge is 0.00135 e. The molecule has 0 saturated heterocycles. The van der Waals surface area contributed by atoms with Crippen LogP contribution in [-0.2, 0) is 12.8 Å². The fraction of sp³-hybridized carbons (Fsp3) is 0.531. The van der Waals surface area contributed by atoms with Gasteiger partial charge in [0.25, 0.3) is 0 Å². The lowest BCUT2D eigenvalue weighted by atomic mass is 10.0. The third kappa shape index (κ3) is 56.1. The molecular weight excluding hydrogens is 769 g/mol. The lowest BCUT2D eigenvalue weighted by Crippen LogP contribution is -1.85. The lowest BCUT2D eigenvalue weighted by Gasteiger charge is -2.05. The Kier molecular flexibility index (Phi) is 128. The van der Waals surface area contributed by atoms with Crippen LogP contribution in [0.4, 0.5) is 0 Å². The Morgan fingerprint density at radius 2 is 0.406 bits per heavy atom. The topological polar surface area (TPSA) is 0 Å². The molecule has 0 nitrogen and oxygen atoms in total. The summed E-state index contributed by atoms with van der Waals surface area (Å²) >= 11 is 0. The van der Waals surface area contributed by atoms with Crippen LogP contribution in [0.15, 0.2) is 146 Å². The molecule has 0 aliphatic heterocycles. The van der Waals surface area contributed by atoms with E-state index in [2.05, 4.69) is 109 Å². The maximum atomic E-state index is 2.22. The second-order valence-corrected chi connectivity index (χ2v) is 9.92. The van der Waals surface area contributed by atoms with Crippen LogP contribution in [0.3, 0.4) is 0 Å². The summed E-state index contributed by atoms with van der Waals surface area (Å²) in [5.41, 5.74) is 8.49. The minimum Gasteiger partial charge on any atom is -0.0776 e. The van der Waals surface area contributed by atoms with Crippen LogP contribution < -0.4 is 0 Å². The Labute approximate surface area is 409 Å². The highest BCUT2D eigenvalue weighted by Crippen LogP contribution is 2.35. The second kappa shape index (κ2) is 93.9. The van der Waals surface area contributed by atoms with Gasteiger partial charge in [0.1, 0.15) is 0 Å². The zero-order valence-corrected chi connectivity index (χ0v) is 46.5. The molecule has 376 valence electrons. The number of rotatable bonds is 2. The van der Waals surface area contributed by atoms with E-state index in [9.17, 15) is 0 Å². The highest BCUT2D eigenvalue weighted by atomic mass is 14.2. The first-order valence-electron chi connectivity index (χ1n) is 26.1. The molecule has 0 amide bonds. The van der Waals surface area contributed by atoms with Gasteiger partial charge in [-0.2, -0.15) is 0 Å². The van der Waals surface area contributed by atoms with Gasteiger partial charge in [-0.05, 0) is 46.2 Å². The molecule has 2 aliphatic rings. The van der Waals surface area contributed by atoms with E-state index in [-0.39, 0.29) is 14.9 Å². The summed E-state index contributed by atoms with van der Waals surface area (Å²) in [6, 6.07) is 50.4. The summed E-state index contributed by atoms with van der Waals surface area (Å²) in [5, 5.41) is 0. The molecule has 0 spiro atoms. The van der Waals surface area contributed by atoms with Gasteiger partial charge in [-0.15, -0.1) is 0 Å². The predicted molar refractivity (Wildman–Crippen MR) is 314 cm³/mol. The molecule has 64 heavy (non-hydrogen) atoms. The van der Waals surface area contributed by atoms with Gasteiger partial charge in [-0.3, -0.25) is 0 Å². The first kappa shape index (κ1) is 87.1. The van der Waals surface area contributed by atoms with Crippen molar-refractivity contribution in [1.29, 1.82) is 0 Å². The summed E-state index contributed by atoms with van der Waals surface area (Å²) in [6.07, 6.45) is 11.1. The van der Waals surface area contributed by atoms with E-state index in [0.29, 0.717) is 0 Å². The van der Waals surface area contributed by atoms with Crippen molar-refractivity contribution < 1.29 is 0 Å². The summed E-state index contributed by atoms with van der Waals surface area (Å²) in [4.78, 5) is 0. The van der Waals surface area contributed by atoms with E-state index >= 15 is 0 Å². The molecule has 0 radical (unpaired) electrons. The van der Waals surface area contributed by atoms with Crippen molar-refractivity contribution in [3.05, 3.63) is 168 Å². The van der Waals surface area contributed by atoms with E-state index in [1.165, 1.54) is 71.9 Å². The summed E-state index contributed by atoms with van der Waals surface area (Å²) in [6.45, 7) is 48.0. The normalized spacial score (nSPS) is 8.62. The molecule has 0 atom stereocenters. The largest absolute Gasteiger partial charge is 0.0776 e. The molecular formula is C64H120. The molecule has 5 aromatic rings. The van der Waals surface area contributed by atoms with Crippen LogP contribution in [0.25, 0.3) is 11.1 Å². The number of fused-ring (bicyclic) bond motifs is 3. The maximum Gasteiger partial charge on any atom is -0.00135 e. The Morgan fingerprint density at radius 3 is 0.625 bits per heavy atom. The van der Waals surface area contributed by atoms with Crippen molar-refractivity contribution in [3.8, 4) is 11.1 Å². The van der Waals surface area contributed by atoms with Gasteiger partial charge < -0.3 is 0 Å². The number of hydrogen-bond donors (Lipinski definition) is 0. The molecule has 5 aromatic carbocycles. The van der Waals surface area contributed by atoms with E-state index in [0.717, 1.165) is 12.8 Å². The Bertz CT molecular complexity index is 1170. The van der Waals surface area contributed by atoms with E-state index in [1.54, 1.807) is 0 Å². The molecule has 2 aliphatic carbocycles.